The summed E-state index contributed by atoms with van der Waals surface area (Å²) in [5.74, 6) is -0.751. The minimum absolute atomic E-state index is 0. The van der Waals surface area contributed by atoms with Gasteiger partial charge in [0.2, 0.25) is 0 Å². The van der Waals surface area contributed by atoms with Gasteiger partial charge in [-0.2, -0.15) is 0 Å². The molecule has 1 aliphatic heterocycles. The zero-order valence-corrected chi connectivity index (χ0v) is 24.3. The van der Waals surface area contributed by atoms with Crippen molar-refractivity contribution in [2.24, 2.45) is 0 Å². The van der Waals surface area contributed by atoms with Gasteiger partial charge in [-0.05, 0) is 62.4 Å². The summed E-state index contributed by atoms with van der Waals surface area (Å²) in [6, 6.07) is 13.1. The molecule has 0 spiro atoms. The Hall–Kier alpha value is -1.64. The molecule has 6 nitrogen and oxygen atoms in total. The molecule has 178 valence electrons. The largest absolute Gasteiger partial charge is 1.00 e. The smallest absolute Gasteiger partial charge is 0.550 e. The summed E-state index contributed by atoms with van der Waals surface area (Å²) < 4.78 is 0.868. The van der Waals surface area contributed by atoms with Crippen molar-refractivity contribution in [2.45, 2.75) is 38.5 Å². The number of carbonyl (C=O) groups is 2. The fourth-order valence-corrected chi connectivity index (χ4v) is 5.27. The zero-order chi connectivity index (χ0) is 24.2. The molecule has 1 aromatic heterocycles. The number of anilines is 1. The number of rotatable bonds is 8. The number of nitrogens with zero attached hydrogens (tertiary/aromatic N) is 2. The van der Waals surface area contributed by atoms with Crippen molar-refractivity contribution in [3.05, 3.63) is 68.7 Å². The second-order valence-corrected chi connectivity index (χ2v) is 9.95. The summed E-state index contributed by atoms with van der Waals surface area (Å²) in [5, 5.41) is 15.5. The molecule has 0 radical (unpaired) electrons. The van der Waals surface area contributed by atoms with Gasteiger partial charge in [-0.3, -0.25) is 4.79 Å². The van der Waals surface area contributed by atoms with Crippen molar-refractivity contribution in [1.82, 2.24) is 10.3 Å². The molecule has 1 fully saturated rings. The van der Waals surface area contributed by atoms with E-state index in [2.05, 4.69) is 26.1 Å². The summed E-state index contributed by atoms with van der Waals surface area (Å²) >= 11 is 9.90. The van der Waals surface area contributed by atoms with Crippen molar-refractivity contribution in [1.29, 1.82) is 0 Å². The Kier molecular flexibility index (Phi) is 10.0. The van der Waals surface area contributed by atoms with Gasteiger partial charge >= 0.3 is 29.6 Å². The first-order chi connectivity index (χ1) is 16.3. The van der Waals surface area contributed by atoms with Crippen LogP contribution in [0, 0.1) is 6.92 Å². The SMILES string of the molecule is Cc1c(N2CCCC2)nc2ccc(Br)cc2c1C(=O)NCC(CCC(=O)[O-])c1ccccc1Cl.[Na+]. The second-order valence-electron chi connectivity index (χ2n) is 8.63. The molecule has 1 N–H and O–H groups in total. The van der Waals surface area contributed by atoms with E-state index >= 15 is 0 Å². The minimum atomic E-state index is -1.13. The average Bonchev–Trinajstić information content (AvgIpc) is 3.34. The maximum Gasteiger partial charge on any atom is 1.00 e. The van der Waals surface area contributed by atoms with Gasteiger partial charge in [0.15, 0.2) is 0 Å². The summed E-state index contributed by atoms with van der Waals surface area (Å²) in [6.45, 7) is 4.05. The number of nitrogens with one attached hydrogen (secondary N) is 1. The first kappa shape index (κ1) is 27.9. The van der Waals surface area contributed by atoms with Crippen molar-refractivity contribution in [3.63, 3.8) is 0 Å². The molecule has 1 atom stereocenters. The third-order valence-electron chi connectivity index (χ3n) is 6.35. The molecule has 0 aliphatic carbocycles. The van der Waals surface area contributed by atoms with E-state index < -0.39 is 5.97 Å². The van der Waals surface area contributed by atoms with Gasteiger partial charge in [0.05, 0.1) is 11.1 Å². The summed E-state index contributed by atoms with van der Waals surface area (Å²) in [5.41, 5.74) is 3.00. The molecular formula is C26H26BrClN3NaO3. The van der Waals surface area contributed by atoms with Crippen LogP contribution in [0.3, 0.4) is 0 Å². The average molecular weight is 567 g/mol. The van der Waals surface area contributed by atoms with Crippen LogP contribution in [0.25, 0.3) is 10.9 Å². The third-order valence-corrected chi connectivity index (χ3v) is 7.19. The molecule has 1 unspecified atom stereocenters. The van der Waals surface area contributed by atoms with Gasteiger partial charge in [0.25, 0.3) is 5.91 Å². The van der Waals surface area contributed by atoms with E-state index in [0.717, 1.165) is 58.3 Å². The van der Waals surface area contributed by atoms with Crippen LogP contribution in [-0.2, 0) is 4.79 Å². The minimum Gasteiger partial charge on any atom is -0.550 e. The first-order valence-corrected chi connectivity index (χ1v) is 12.6. The standard InChI is InChI=1S/C26H27BrClN3O3.Na/c1-16-24(20-14-18(27)9-10-22(20)30-25(16)31-12-4-5-13-31)26(34)29-15-17(8-11-23(32)33)19-6-2-3-7-21(19)28;/h2-3,6-7,9-10,14,17H,4-5,8,11-13,15H2,1H3,(H,29,34)(H,32,33);/q;+1/p-1. The summed E-state index contributed by atoms with van der Waals surface area (Å²) in [7, 11) is 0. The van der Waals surface area contributed by atoms with Gasteiger partial charge in [-0.15, -0.1) is 0 Å². The predicted octanol–water partition coefficient (Wildman–Crippen LogP) is 1.61. The third kappa shape index (κ3) is 6.57. The molecule has 0 bridgehead atoms. The van der Waals surface area contributed by atoms with Gasteiger partial charge in [-0.1, -0.05) is 45.7 Å². The summed E-state index contributed by atoms with van der Waals surface area (Å²) in [6.07, 6.45) is 2.42. The van der Waals surface area contributed by atoms with Crippen LogP contribution in [0.5, 0.6) is 0 Å². The number of carbonyl (C=O) groups excluding carboxylic acids is 2. The van der Waals surface area contributed by atoms with Crippen LogP contribution >= 0.6 is 27.5 Å². The second kappa shape index (κ2) is 12.5. The maximum absolute atomic E-state index is 13.6. The predicted molar refractivity (Wildman–Crippen MR) is 136 cm³/mol. The molecule has 2 aromatic carbocycles. The van der Waals surface area contributed by atoms with Crippen molar-refractivity contribution in [3.8, 4) is 0 Å². The van der Waals surface area contributed by atoms with Gasteiger partial charge in [0.1, 0.15) is 5.82 Å². The Labute approximate surface area is 240 Å². The molecule has 9 heteroatoms. The number of pyridine rings is 1. The number of carboxylic acids is 1. The number of halogens is 2. The van der Waals surface area contributed by atoms with Crippen molar-refractivity contribution < 1.29 is 44.3 Å². The number of benzene rings is 2. The molecule has 2 heterocycles. The fourth-order valence-electron chi connectivity index (χ4n) is 4.62. The molecule has 3 aromatic rings. The van der Waals surface area contributed by atoms with E-state index in [0.29, 0.717) is 17.0 Å². The van der Waals surface area contributed by atoms with Crippen LogP contribution in [0.15, 0.2) is 46.9 Å². The molecule has 35 heavy (non-hydrogen) atoms. The Morgan fingerprint density at radius 2 is 1.91 bits per heavy atom. The van der Waals surface area contributed by atoms with Crippen LogP contribution in [-0.4, -0.2) is 36.5 Å². The van der Waals surface area contributed by atoms with Crippen molar-refractivity contribution >= 4 is 56.1 Å². The Morgan fingerprint density at radius 1 is 1.20 bits per heavy atom. The number of amides is 1. The number of aromatic nitrogens is 1. The van der Waals surface area contributed by atoms with E-state index in [1.165, 1.54) is 0 Å². The van der Waals surface area contributed by atoms with Gasteiger partial charge < -0.3 is 20.1 Å². The van der Waals surface area contributed by atoms with E-state index in [9.17, 15) is 14.7 Å². The van der Waals surface area contributed by atoms with Gasteiger partial charge in [0, 0.05) is 52.0 Å². The topological polar surface area (TPSA) is 85.4 Å². The molecule has 4 rings (SSSR count). The monoisotopic (exact) mass is 565 g/mol. The number of aliphatic carboxylic acids is 1. The number of fused-ring (bicyclic) bond motifs is 1. The van der Waals surface area contributed by atoms with Crippen molar-refractivity contribution in [2.75, 3.05) is 24.5 Å². The van der Waals surface area contributed by atoms with E-state index in [1.807, 2.05) is 43.3 Å². The van der Waals surface area contributed by atoms with Crippen LogP contribution in [0.2, 0.25) is 5.02 Å². The molecule has 1 amide bonds. The summed E-state index contributed by atoms with van der Waals surface area (Å²) in [4.78, 5) is 31.8. The molecular weight excluding hydrogens is 541 g/mol. The number of hydrogen-bond donors (Lipinski definition) is 1. The Balaban J connectivity index is 0.00000342. The van der Waals surface area contributed by atoms with E-state index in [-0.39, 0.29) is 54.3 Å². The first-order valence-electron chi connectivity index (χ1n) is 11.4. The number of carboxylic acid groups (broad SMARTS) is 1. The molecule has 1 aliphatic rings. The molecule has 1 saturated heterocycles. The van der Waals surface area contributed by atoms with Gasteiger partial charge in [-0.25, -0.2) is 4.98 Å². The quantitative estimate of drug-likeness (QED) is 0.419. The normalized spacial score (nSPS) is 14.0. The Bertz CT molecular complexity index is 1230. The number of hydrogen-bond acceptors (Lipinski definition) is 5. The fraction of sp³-hybridized carbons (Fsp3) is 0.346. The van der Waals surface area contributed by atoms with E-state index in [4.69, 9.17) is 16.6 Å². The van der Waals surface area contributed by atoms with Crippen LogP contribution < -0.4 is 44.9 Å². The van der Waals surface area contributed by atoms with E-state index in [1.54, 1.807) is 6.07 Å². The van der Waals surface area contributed by atoms with Crippen LogP contribution in [0.4, 0.5) is 5.82 Å². The molecule has 0 saturated carbocycles. The maximum atomic E-state index is 13.6. The Morgan fingerprint density at radius 3 is 2.60 bits per heavy atom. The van der Waals surface area contributed by atoms with Crippen LogP contribution in [0.1, 0.15) is 53.1 Å². The zero-order valence-electron chi connectivity index (χ0n) is 19.9.